The lowest BCUT2D eigenvalue weighted by Gasteiger charge is -2.33. The number of halogens is 1. The summed E-state index contributed by atoms with van der Waals surface area (Å²) in [7, 11) is 1.72. The Kier molecular flexibility index (Phi) is 10.3. The molecular formula is C29H39FN4O6. The largest absolute Gasteiger partial charge is 0.491 e. The van der Waals surface area contributed by atoms with E-state index in [9.17, 15) is 14.0 Å². The van der Waals surface area contributed by atoms with E-state index >= 15 is 0 Å². The second-order valence-corrected chi connectivity index (χ2v) is 10.1. The van der Waals surface area contributed by atoms with Crippen LogP contribution in [0.5, 0.6) is 17.2 Å². The zero-order valence-electron chi connectivity index (χ0n) is 24.0. The molecule has 0 bridgehead atoms. The number of fused-ring (bicyclic) bond motifs is 1. The SMILES string of the molecule is CC.Cn1ncc2cc(C(N)=O)cc(Oc3ccc(OCCOC4CCN(C(=O)OC(C)(C)C)CC4)cc3F)c21. The highest BCUT2D eigenvalue weighted by molar-refractivity contribution is 5.99. The number of nitrogens with zero attached hydrogens (tertiary/aromatic N) is 3. The maximum absolute atomic E-state index is 14.8. The number of ether oxygens (including phenoxy) is 4. The van der Waals surface area contributed by atoms with Crippen LogP contribution in [0.4, 0.5) is 9.18 Å². The predicted octanol–water partition coefficient (Wildman–Crippen LogP) is 5.42. The first-order valence-corrected chi connectivity index (χ1v) is 13.5. The van der Waals surface area contributed by atoms with E-state index in [0.29, 0.717) is 49.2 Å². The number of rotatable bonds is 8. The van der Waals surface area contributed by atoms with Crippen molar-refractivity contribution in [1.29, 1.82) is 0 Å². The topological polar surface area (TPSA) is 118 Å². The highest BCUT2D eigenvalue weighted by atomic mass is 19.1. The molecule has 0 spiro atoms. The van der Waals surface area contributed by atoms with E-state index in [1.54, 1.807) is 35.0 Å². The molecule has 0 unspecified atom stereocenters. The van der Waals surface area contributed by atoms with Crippen LogP contribution in [0.15, 0.2) is 36.5 Å². The van der Waals surface area contributed by atoms with Crippen molar-refractivity contribution in [3.05, 3.63) is 47.9 Å². The normalized spacial score (nSPS) is 13.9. The lowest BCUT2D eigenvalue weighted by molar-refractivity contribution is -0.0177. The molecule has 218 valence electrons. The van der Waals surface area contributed by atoms with Crippen LogP contribution < -0.4 is 15.2 Å². The number of carbonyl (C=O) groups is 2. The zero-order valence-corrected chi connectivity index (χ0v) is 24.0. The fourth-order valence-electron chi connectivity index (χ4n) is 4.18. The number of benzene rings is 2. The number of amides is 2. The van der Waals surface area contributed by atoms with E-state index in [2.05, 4.69) is 5.10 Å². The fourth-order valence-corrected chi connectivity index (χ4v) is 4.18. The van der Waals surface area contributed by atoms with Crippen molar-refractivity contribution < 1.29 is 32.9 Å². The minimum atomic E-state index is -0.627. The average molecular weight is 559 g/mol. The van der Waals surface area contributed by atoms with Gasteiger partial charge in [-0.15, -0.1) is 0 Å². The summed E-state index contributed by atoms with van der Waals surface area (Å²) >= 11 is 0. The van der Waals surface area contributed by atoms with Crippen LogP contribution >= 0.6 is 0 Å². The molecule has 1 aliphatic rings. The molecule has 0 atom stereocenters. The summed E-state index contributed by atoms with van der Waals surface area (Å²) in [5, 5.41) is 4.82. The van der Waals surface area contributed by atoms with Gasteiger partial charge in [0.15, 0.2) is 17.3 Å². The molecule has 1 saturated heterocycles. The van der Waals surface area contributed by atoms with Crippen LogP contribution in [0.25, 0.3) is 10.9 Å². The molecule has 2 heterocycles. The summed E-state index contributed by atoms with van der Waals surface area (Å²) in [6.07, 6.45) is 2.71. The van der Waals surface area contributed by atoms with Gasteiger partial charge in [0.05, 0.1) is 18.9 Å². The van der Waals surface area contributed by atoms with Crippen LogP contribution in [-0.2, 0) is 16.5 Å². The number of aromatic nitrogens is 2. The number of hydrogen-bond donors (Lipinski definition) is 1. The van der Waals surface area contributed by atoms with Gasteiger partial charge in [0.1, 0.15) is 23.5 Å². The number of hydrogen-bond acceptors (Lipinski definition) is 7. The first-order chi connectivity index (χ1) is 19.0. The average Bonchev–Trinajstić information content (AvgIpc) is 3.29. The Hall–Kier alpha value is -3.86. The van der Waals surface area contributed by atoms with E-state index in [-0.39, 0.29) is 35.9 Å². The molecule has 0 saturated carbocycles. The second-order valence-electron chi connectivity index (χ2n) is 10.1. The van der Waals surface area contributed by atoms with Gasteiger partial charge >= 0.3 is 6.09 Å². The van der Waals surface area contributed by atoms with Gasteiger partial charge < -0.3 is 29.6 Å². The molecule has 0 aliphatic carbocycles. The summed E-state index contributed by atoms with van der Waals surface area (Å²) in [5.41, 5.74) is 5.74. The molecule has 2 aromatic carbocycles. The lowest BCUT2D eigenvalue weighted by atomic mass is 10.1. The van der Waals surface area contributed by atoms with Crippen molar-refractivity contribution >= 4 is 22.9 Å². The standard InChI is InChI=1S/C27H33FN4O6.C2H6/c1-27(2,3)38-26(34)32-9-7-19(8-10-32)35-11-12-36-20-5-6-22(21(28)15-20)37-23-14-17(25(29)33)13-18-16-30-31(4)24(18)23;1-2/h5-6,13-16,19H,7-12H2,1-4H3,(H2,29,33);1-2H3. The van der Waals surface area contributed by atoms with E-state index in [1.165, 1.54) is 18.2 Å². The smallest absolute Gasteiger partial charge is 0.410 e. The van der Waals surface area contributed by atoms with Gasteiger partial charge in [-0.1, -0.05) is 13.8 Å². The highest BCUT2D eigenvalue weighted by Gasteiger charge is 2.27. The Morgan fingerprint density at radius 1 is 1.07 bits per heavy atom. The van der Waals surface area contributed by atoms with Crippen molar-refractivity contribution in [1.82, 2.24) is 14.7 Å². The van der Waals surface area contributed by atoms with Crippen molar-refractivity contribution in [3.63, 3.8) is 0 Å². The first kappa shape index (κ1) is 30.7. The Morgan fingerprint density at radius 2 is 1.77 bits per heavy atom. The van der Waals surface area contributed by atoms with Gasteiger partial charge in [0, 0.05) is 37.2 Å². The number of carbonyl (C=O) groups excluding carboxylic acids is 2. The Bertz CT molecular complexity index is 1310. The Labute approximate surface area is 234 Å². The Balaban J connectivity index is 0.00000216. The van der Waals surface area contributed by atoms with Crippen molar-refractivity contribution in [2.45, 2.75) is 59.2 Å². The molecular weight excluding hydrogens is 519 g/mol. The zero-order chi connectivity index (χ0) is 29.4. The quantitative estimate of drug-likeness (QED) is 0.367. The van der Waals surface area contributed by atoms with Gasteiger partial charge in [-0.25, -0.2) is 9.18 Å². The van der Waals surface area contributed by atoms with E-state index in [4.69, 9.17) is 24.7 Å². The minimum Gasteiger partial charge on any atom is -0.491 e. The van der Waals surface area contributed by atoms with Gasteiger partial charge in [-0.3, -0.25) is 9.48 Å². The third-order valence-electron chi connectivity index (χ3n) is 6.01. The van der Waals surface area contributed by atoms with Crippen LogP contribution in [0.2, 0.25) is 0 Å². The summed E-state index contributed by atoms with van der Waals surface area (Å²) < 4.78 is 39.1. The molecule has 10 nitrogen and oxygen atoms in total. The molecule has 11 heteroatoms. The van der Waals surface area contributed by atoms with Gasteiger partial charge in [-0.2, -0.15) is 5.10 Å². The minimum absolute atomic E-state index is 0.0183. The van der Waals surface area contributed by atoms with Gasteiger partial charge in [-0.05, 0) is 57.9 Å². The van der Waals surface area contributed by atoms with Gasteiger partial charge in [0.2, 0.25) is 5.91 Å². The number of nitrogens with two attached hydrogens (primary N) is 1. The highest BCUT2D eigenvalue weighted by Crippen LogP contribution is 2.33. The van der Waals surface area contributed by atoms with Crippen molar-refractivity contribution in [2.24, 2.45) is 12.8 Å². The molecule has 3 aromatic rings. The van der Waals surface area contributed by atoms with Crippen LogP contribution in [0.1, 0.15) is 57.8 Å². The summed E-state index contributed by atoms with van der Waals surface area (Å²) in [5.74, 6) is -0.697. The fraction of sp³-hybridized carbons (Fsp3) is 0.483. The number of aryl methyl sites for hydroxylation is 1. The molecule has 2 N–H and O–H groups in total. The molecule has 1 aliphatic heterocycles. The maximum atomic E-state index is 14.8. The summed E-state index contributed by atoms with van der Waals surface area (Å²) in [6.45, 7) is 11.2. The maximum Gasteiger partial charge on any atom is 0.410 e. The molecule has 0 radical (unpaired) electrons. The third-order valence-corrected chi connectivity index (χ3v) is 6.01. The molecule has 4 rings (SSSR count). The van der Waals surface area contributed by atoms with E-state index < -0.39 is 17.3 Å². The summed E-state index contributed by atoms with van der Waals surface area (Å²) in [6, 6.07) is 7.35. The van der Waals surface area contributed by atoms with Crippen molar-refractivity contribution in [3.8, 4) is 17.2 Å². The Morgan fingerprint density at radius 3 is 2.40 bits per heavy atom. The van der Waals surface area contributed by atoms with E-state index in [0.717, 1.165) is 0 Å². The van der Waals surface area contributed by atoms with Crippen molar-refractivity contribution in [2.75, 3.05) is 26.3 Å². The number of primary amides is 1. The first-order valence-electron chi connectivity index (χ1n) is 13.5. The molecule has 1 fully saturated rings. The number of piperidine rings is 1. The summed E-state index contributed by atoms with van der Waals surface area (Å²) in [4.78, 5) is 25.6. The molecule has 1 aromatic heterocycles. The lowest BCUT2D eigenvalue weighted by Crippen LogP contribution is -2.43. The monoisotopic (exact) mass is 558 g/mol. The van der Waals surface area contributed by atoms with Crippen LogP contribution in [0.3, 0.4) is 0 Å². The van der Waals surface area contributed by atoms with Crippen LogP contribution in [-0.4, -0.2) is 64.7 Å². The van der Waals surface area contributed by atoms with Gasteiger partial charge in [0.25, 0.3) is 0 Å². The second kappa shape index (κ2) is 13.5. The number of likely N-dealkylation sites (tertiary alicyclic amines) is 1. The third kappa shape index (κ3) is 8.08. The molecule has 2 amide bonds. The van der Waals surface area contributed by atoms with Crippen LogP contribution in [0, 0.1) is 5.82 Å². The van der Waals surface area contributed by atoms with E-state index in [1.807, 2.05) is 34.6 Å². The predicted molar refractivity (Wildman–Crippen MR) is 149 cm³/mol. The molecule has 40 heavy (non-hydrogen) atoms.